The molecular weight excluding hydrogens is 329 g/mol. The molecule has 1 aromatic carbocycles. The van der Waals surface area contributed by atoms with Crippen molar-refractivity contribution in [3.05, 3.63) is 60.3 Å². The van der Waals surface area contributed by atoms with E-state index in [1.165, 1.54) is 0 Å². The van der Waals surface area contributed by atoms with Gasteiger partial charge in [0.2, 0.25) is 5.91 Å². The standard InChI is InChI=1S/C19H26BN3O3/c1-14(2)12-17(20(25)26)23-19(24)16(13-15-8-4-3-5-9-15)22-18-10-6-7-11-21-18/h3-11,14,16-17,25-26H,12-13H2,1-2H3,(H,21,22)(H,23,24)/t16?,17-/m0/s1. The minimum absolute atomic E-state index is 0.221. The van der Waals surface area contributed by atoms with Crippen LogP contribution in [0.5, 0.6) is 0 Å². The summed E-state index contributed by atoms with van der Waals surface area (Å²) in [5.74, 6) is -0.198. The maximum Gasteiger partial charge on any atom is 0.475 e. The Kier molecular flexibility index (Phi) is 7.62. The smallest absolute Gasteiger partial charge is 0.426 e. The monoisotopic (exact) mass is 355 g/mol. The molecule has 7 heteroatoms. The van der Waals surface area contributed by atoms with Crippen LogP contribution < -0.4 is 10.6 Å². The predicted molar refractivity (Wildman–Crippen MR) is 103 cm³/mol. The van der Waals surface area contributed by atoms with Crippen LogP contribution in [0.4, 0.5) is 5.82 Å². The van der Waals surface area contributed by atoms with Crippen LogP contribution >= 0.6 is 0 Å². The van der Waals surface area contributed by atoms with Crippen LogP contribution in [-0.4, -0.2) is 40.0 Å². The molecule has 0 aliphatic rings. The van der Waals surface area contributed by atoms with Crippen molar-refractivity contribution in [2.24, 2.45) is 5.92 Å². The van der Waals surface area contributed by atoms with Gasteiger partial charge in [-0.15, -0.1) is 0 Å². The van der Waals surface area contributed by atoms with E-state index in [1.807, 2.05) is 50.2 Å². The number of hydrogen-bond donors (Lipinski definition) is 4. The van der Waals surface area contributed by atoms with Gasteiger partial charge in [0.05, 0.1) is 5.94 Å². The molecule has 1 heterocycles. The number of carbonyl (C=O) groups excluding carboxylic acids is 1. The van der Waals surface area contributed by atoms with Gasteiger partial charge in [0.15, 0.2) is 0 Å². The molecule has 0 fully saturated rings. The molecule has 2 aromatic rings. The summed E-state index contributed by atoms with van der Waals surface area (Å²) in [6.07, 6.45) is 2.59. The van der Waals surface area contributed by atoms with Crippen molar-refractivity contribution in [1.82, 2.24) is 10.3 Å². The van der Waals surface area contributed by atoms with Crippen molar-refractivity contribution < 1.29 is 14.8 Å². The molecule has 0 aliphatic carbocycles. The van der Waals surface area contributed by atoms with Gasteiger partial charge >= 0.3 is 7.12 Å². The average molecular weight is 355 g/mol. The van der Waals surface area contributed by atoms with E-state index in [0.29, 0.717) is 18.7 Å². The van der Waals surface area contributed by atoms with Gasteiger partial charge in [-0.25, -0.2) is 4.98 Å². The Morgan fingerprint density at radius 3 is 2.38 bits per heavy atom. The van der Waals surface area contributed by atoms with Crippen molar-refractivity contribution in [3.8, 4) is 0 Å². The van der Waals surface area contributed by atoms with E-state index in [0.717, 1.165) is 5.56 Å². The van der Waals surface area contributed by atoms with Gasteiger partial charge in [0.1, 0.15) is 11.9 Å². The van der Waals surface area contributed by atoms with Gasteiger partial charge < -0.3 is 20.7 Å². The summed E-state index contributed by atoms with van der Waals surface area (Å²) in [4.78, 5) is 17.0. The van der Waals surface area contributed by atoms with Gasteiger partial charge in [-0.3, -0.25) is 4.79 Å². The zero-order chi connectivity index (χ0) is 18.9. The highest BCUT2D eigenvalue weighted by Gasteiger charge is 2.29. The van der Waals surface area contributed by atoms with Crippen molar-refractivity contribution in [2.45, 2.75) is 38.7 Å². The number of amides is 1. The number of aromatic nitrogens is 1. The summed E-state index contributed by atoms with van der Waals surface area (Å²) in [5, 5.41) is 25.1. The molecule has 0 saturated carbocycles. The molecule has 26 heavy (non-hydrogen) atoms. The Balaban J connectivity index is 2.14. The molecule has 1 aromatic heterocycles. The SMILES string of the molecule is CC(C)C[C@H](NC(=O)C(Cc1ccccc1)Nc1ccccn1)B(O)O. The summed E-state index contributed by atoms with van der Waals surface area (Å²) in [6, 6.07) is 14.5. The molecule has 6 nitrogen and oxygen atoms in total. The highest BCUT2D eigenvalue weighted by molar-refractivity contribution is 6.43. The van der Waals surface area contributed by atoms with Crippen LogP contribution in [0.25, 0.3) is 0 Å². The minimum atomic E-state index is -1.60. The van der Waals surface area contributed by atoms with E-state index in [9.17, 15) is 14.8 Å². The fourth-order valence-electron chi connectivity index (χ4n) is 2.73. The van der Waals surface area contributed by atoms with E-state index < -0.39 is 19.1 Å². The second-order valence-corrected chi connectivity index (χ2v) is 6.76. The van der Waals surface area contributed by atoms with Crippen molar-refractivity contribution >= 4 is 18.8 Å². The first-order chi connectivity index (χ1) is 12.5. The van der Waals surface area contributed by atoms with E-state index in [1.54, 1.807) is 18.3 Å². The summed E-state index contributed by atoms with van der Waals surface area (Å²) in [7, 11) is -1.60. The molecule has 0 spiro atoms. The van der Waals surface area contributed by atoms with Gasteiger partial charge in [0, 0.05) is 12.6 Å². The average Bonchev–Trinajstić information content (AvgIpc) is 2.62. The fourth-order valence-corrected chi connectivity index (χ4v) is 2.73. The number of hydrogen-bond acceptors (Lipinski definition) is 5. The van der Waals surface area contributed by atoms with Crippen LogP contribution in [-0.2, 0) is 11.2 Å². The summed E-state index contributed by atoms with van der Waals surface area (Å²) in [5.41, 5.74) is 1.00. The first kappa shape index (κ1) is 19.9. The molecule has 1 amide bonds. The van der Waals surface area contributed by atoms with Crippen molar-refractivity contribution in [2.75, 3.05) is 5.32 Å². The number of carbonyl (C=O) groups is 1. The van der Waals surface area contributed by atoms with Crippen LogP contribution in [0.3, 0.4) is 0 Å². The lowest BCUT2D eigenvalue weighted by Crippen LogP contribution is -2.52. The maximum atomic E-state index is 12.8. The second-order valence-electron chi connectivity index (χ2n) is 6.76. The predicted octanol–water partition coefficient (Wildman–Crippen LogP) is 1.65. The van der Waals surface area contributed by atoms with E-state index in [2.05, 4.69) is 15.6 Å². The van der Waals surface area contributed by atoms with Crippen LogP contribution in [0, 0.1) is 5.92 Å². The number of nitrogens with one attached hydrogen (secondary N) is 2. The fraction of sp³-hybridized carbons (Fsp3) is 0.368. The summed E-state index contributed by atoms with van der Waals surface area (Å²) < 4.78 is 0. The topological polar surface area (TPSA) is 94.5 Å². The van der Waals surface area contributed by atoms with Gasteiger partial charge in [-0.1, -0.05) is 50.2 Å². The van der Waals surface area contributed by atoms with E-state index >= 15 is 0 Å². The molecule has 0 saturated heterocycles. The van der Waals surface area contributed by atoms with E-state index in [-0.39, 0.29) is 11.8 Å². The molecule has 0 radical (unpaired) electrons. The third-order valence-electron chi connectivity index (χ3n) is 4.00. The van der Waals surface area contributed by atoms with Crippen LogP contribution in [0.2, 0.25) is 0 Å². The molecule has 1 unspecified atom stereocenters. The molecule has 4 N–H and O–H groups in total. The van der Waals surface area contributed by atoms with Crippen LogP contribution in [0.1, 0.15) is 25.8 Å². The zero-order valence-electron chi connectivity index (χ0n) is 15.2. The Morgan fingerprint density at radius 1 is 1.12 bits per heavy atom. The molecule has 138 valence electrons. The maximum absolute atomic E-state index is 12.8. The summed E-state index contributed by atoms with van der Waals surface area (Å²) in [6.45, 7) is 3.93. The minimum Gasteiger partial charge on any atom is -0.426 e. The van der Waals surface area contributed by atoms with Crippen molar-refractivity contribution in [1.29, 1.82) is 0 Å². The second kappa shape index (κ2) is 9.94. The number of anilines is 1. The Hall–Kier alpha value is -2.38. The molecule has 2 atom stereocenters. The highest BCUT2D eigenvalue weighted by atomic mass is 16.4. The van der Waals surface area contributed by atoms with Crippen LogP contribution in [0.15, 0.2) is 54.7 Å². The number of pyridine rings is 1. The Labute approximate surface area is 154 Å². The van der Waals surface area contributed by atoms with Gasteiger partial charge in [-0.2, -0.15) is 0 Å². The molecule has 0 bridgehead atoms. The highest BCUT2D eigenvalue weighted by Crippen LogP contribution is 2.11. The first-order valence-corrected chi connectivity index (χ1v) is 8.83. The Bertz CT molecular complexity index is 627. The van der Waals surface area contributed by atoms with Crippen molar-refractivity contribution in [3.63, 3.8) is 0 Å². The third-order valence-corrected chi connectivity index (χ3v) is 4.00. The van der Waals surface area contributed by atoms with E-state index in [4.69, 9.17) is 0 Å². The molecule has 2 rings (SSSR count). The van der Waals surface area contributed by atoms with Gasteiger partial charge in [0.25, 0.3) is 0 Å². The Morgan fingerprint density at radius 2 is 1.81 bits per heavy atom. The number of nitrogens with zero attached hydrogens (tertiary/aromatic N) is 1. The molecular formula is C19H26BN3O3. The number of benzene rings is 1. The molecule has 0 aliphatic heterocycles. The largest absolute Gasteiger partial charge is 0.475 e. The zero-order valence-corrected chi connectivity index (χ0v) is 15.2. The first-order valence-electron chi connectivity index (χ1n) is 8.83. The lowest BCUT2D eigenvalue weighted by atomic mass is 9.75. The third kappa shape index (κ3) is 6.50. The van der Waals surface area contributed by atoms with Gasteiger partial charge in [-0.05, 0) is 30.0 Å². The lowest BCUT2D eigenvalue weighted by molar-refractivity contribution is -0.122. The lowest BCUT2D eigenvalue weighted by Gasteiger charge is -2.24. The number of rotatable bonds is 9. The normalized spacial score (nSPS) is 13.1. The quantitative estimate of drug-likeness (QED) is 0.513. The summed E-state index contributed by atoms with van der Waals surface area (Å²) >= 11 is 0.